The third kappa shape index (κ3) is 2.14. The number of rotatable bonds is 3. The van der Waals surface area contributed by atoms with E-state index in [2.05, 4.69) is 25.2 Å². The van der Waals surface area contributed by atoms with Gasteiger partial charge in [0.15, 0.2) is 0 Å². The van der Waals surface area contributed by atoms with Crippen molar-refractivity contribution >= 4 is 0 Å². The lowest BCUT2D eigenvalue weighted by atomic mass is 9.90. The summed E-state index contributed by atoms with van der Waals surface area (Å²) in [6.07, 6.45) is 0. The van der Waals surface area contributed by atoms with Crippen LogP contribution >= 0.6 is 0 Å². The molecule has 1 aromatic rings. The van der Waals surface area contributed by atoms with E-state index in [1.807, 2.05) is 26.1 Å². The maximum absolute atomic E-state index is 10.2. The fourth-order valence-corrected chi connectivity index (χ4v) is 1.77. The van der Waals surface area contributed by atoms with Crippen molar-refractivity contribution in [3.8, 4) is 0 Å². The number of hydrogen-bond acceptors (Lipinski definition) is 2. The minimum Gasteiger partial charge on any atom is -0.384 e. The topological polar surface area (TPSA) is 32.3 Å². The maximum atomic E-state index is 10.2. The van der Waals surface area contributed by atoms with E-state index in [9.17, 15) is 5.11 Å². The monoisotopic (exact) mass is 193 g/mol. The zero-order chi connectivity index (χ0) is 10.8. The molecule has 0 heterocycles. The third-order valence-electron chi connectivity index (χ3n) is 2.71. The Morgan fingerprint density at radius 1 is 1.36 bits per heavy atom. The molecule has 2 heteroatoms. The predicted octanol–water partition coefficient (Wildman–Crippen LogP) is 1.73. The lowest BCUT2D eigenvalue weighted by Gasteiger charge is -2.26. The fraction of sp³-hybridized carbons (Fsp3) is 0.500. The molecule has 2 nitrogen and oxygen atoms in total. The molecular weight excluding hydrogens is 174 g/mol. The van der Waals surface area contributed by atoms with Gasteiger partial charge in [0.05, 0.1) is 5.60 Å². The third-order valence-corrected chi connectivity index (χ3v) is 2.71. The lowest BCUT2D eigenvalue weighted by molar-refractivity contribution is 0.0584. The molecule has 0 aliphatic carbocycles. The number of aliphatic hydroxyl groups is 1. The summed E-state index contributed by atoms with van der Waals surface area (Å²) in [5.74, 6) is 0. The summed E-state index contributed by atoms with van der Waals surface area (Å²) in [6.45, 7) is 6.52. The van der Waals surface area contributed by atoms with E-state index in [1.165, 1.54) is 11.1 Å². The SMILES string of the molecule is CNCC(C)(O)c1cccc(C)c1C. The smallest absolute Gasteiger partial charge is 0.0994 e. The molecule has 1 atom stereocenters. The maximum Gasteiger partial charge on any atom is 0.0994 e. The molecule has 0 aliphatic rings. The quantitative estimate of drug-likeness (QED) is 0.766. The van der Waals surface area contributed by atoms with E-state index >= 15 is 0 Å². The van der Waals surface area contributed by atoms with Gasteiger partial charge in [-0.3, -0.25) is 0 Å². The molecule has 1 aromatic carbocycles. The summed E-state index contributed by atoms with van der Waals surface area (Å²) < 4.78 is 0. The highest BCUT2D eigenvalue weighted by atomic mass is 16.3. The largest absolute Gasteiger partial charge is 0.384 e. The van der Waals surface area contributed by atoms with Crippen LogP contribution in [0.15, 0.2) is 18.2 Å². The second-order valence-electron chi connectivity index (χ2n) is 4.05. The fourth-order valence-electron chi connectivity index (χ4n) is 1.77. The second-order valence-corrected chi connectivity index (χ2v) is 4.05. The first kappa shape index (κ1) is 11.2. The van der Waals surface area contributed by atoms with Gasteiger partial charge in [0.25, 0.3) is 0 Å². The zero-order valence-corrected chi connectivity index (χ0v) is 9.39. The number of nitrogens with one attached hydrogen (secondary N) is 1. The van der Waals surface area contributed by atoms with Gasteiger partial charge in [-0.2, -0.15) is 0 Å². The van der Waals surface area contributed by atoms with E-state index in [-0.39, 0.29) is 0 Å². The Bertz CT molecular complexity index is 318. The molecule has 1 unspecified atom stereocenters. The summed E-state index contributed by atoms with van der Waals surface area (Å²) in [4.78, 5) is 0. The Hall–Kier alpha value is -0.860. The summed E-state index contributed by atoms with van der Waals surface area (Å²) in [7, 11) is 1.85. The molecule has 1 rings (SSSR count). The van der Waals surface area contributed by atoms with Crippen molar-refractivity contribution in [2.45, 2.75) is 26.4 Å². The predicted molar refractivity (Wildman–Crippen MR) is 59.4 cm³/mol. The molecule has 0 fully saturated rings. The van der Waals surface area contributed by atoms with Crippen molar-refractivity contribution in [2.75, 3.05) is 13.6 Å². The highest BCUT2D eigenvalue weighted by Gasteiger charge is 2.23. The van der Waals surface area contributed by atoms with Gasteiger partial charge >= 0.3 is 0 Å². The van der Waals surface area contributed by atoms with Gasteiger partial charge in [-0.25, -0.2) is 0 Å². The van der Waals surface area contributed by atoms with E-state index < -0.39 is 5.60 Å². The number of benzene rings is 1. The first-order valence-electron chi connectivity index (χ1n) is 4.92. The van der Waals surface area contributed by atoms with Crippen molar-refractivity contribution < 1.29 is 5.11 Å². The molecule has 0 aromatic heterocycles. The van der Waals surface area contributed by atoms with E-state index in [0.717, 1.165) is 5.56 Å². The van der Waals surface area contributed by atoms with Gasteiger partial charge < -0.3 is 10.4 Å². The zero-order valence-electron chi connectivity index (χ0n) is 9.39. The van der Waals surface area contributed by atoms with E-state index in [4.69, 9.17) is 0 Å². The Labute approximate surface area is 86.0 Å². The highest BCUT2D eigenvalue weighted by Crippen LogP contribution is 2.24. The van der Waals surface area contributed by atoms with E-state index in [0.29, 0.717) is 6.54 Å². The number of hydrogen-bond donors (Lipinski definition) is 2. The minimum absolute atomic E-state index is 0.567. The van der Waals surface area contributed by atoms with Gasteiger partial charge in [-0.1, -0.05) is 18.2 Å². The van der Waals surface area contributed by atoms with Gasteiger partial charge in [0.2, 0.25) is 0 Å². The van der Waals surface area contributed by atoms with Gasteiger partial charge in [-0.15, -0.1) is 0 Å². The Balaban J connectivity index is 3.12. The summed E-state index contributed by atoms with van der Waals surface area (Å²) >= 11 is 0. The number of aryl methyl sites for hydroxylation is 1. The van der Waals surface area contributed by atoms with Crippen molar-refractivity contribution in [1.29, 1.82) is 0 Å². The molecule has 2 N–H and O–H groups in total. The summed E-state index contributed by atoms with van der Waals surface area (Å²) in [6, 6.07) is 6.04. The normalized spacial score (nSPS) is 15.2. The molecular formula is C12H19NO. The molecule has 0 bridgehead atoms. The van der Waals surface area contributed by atoms with Crippen molar-refractivity contribution in [3.05, 3.63) is 34.9 Å². The Kier molecular flexibility index (Phi) is 3.29. The van der Waals surface area contributed by atoms with Crippen LogP contribution in [0.3, 0.4) is 0 Å². The van der Waals surface area contributed by atoms with Gasteiger partial charge in [0.1, 0.15) is 0 Å². The van der Waals surface area contributed by atoms with Gasteiger partial charge in [-0.05, 0) is 44.5 Å². The van der Waals surface area contributed by atoms with Crippen LogP contribution in [0.4, 0.5) is 0 Å². The van der Waals surface area contributed by atoms with Crippen LogP contribution in [-0.2, 0) is 5.60 Å². The first-order chi connectivity index (χ1) is 6.49. The van der Waals surface area contributed by atoms with Crippen LogP contribution in [0.1, 0.15) is 23.6 Å². The summed E-state index contributed by atoms with van der Waals surface area (Å²) in [5, 5.41) is 13.2. The molecule has 0 saturated heterocycles. The molecule has 0 spiro atoms. The van der Waals surface area contributed by atoms with E-state index in [1.54, 1.807) is 0 Å². The van der Waals surface area contributed by atoms with Crippen LogP contribution in [0.5, 0.6) is 0 Å². The minimum atomic E-state index is -0.787. The Morgan fingerprint density at radius 2 is 2.00 bits per heavy atom. The standard InChI is InChI=1S/C12H19NO/c1-9-6-5-7-11(10(9)2)12(3,14)8-13-4/h5-7,13-14H,8H2,1-4H3. The highest BCUT2D eigenvalue weighted by molar-refractivity contribution is 5.36. The van der Waals surface area contributed by atoms with Crippen LogP contribution in [0.2, 0.25) is 0 Å². The van der Waals surface area contributed by atoms with Crippen LogP contribution < -0.4 is 5.32 Å². The molecule has 0 radical (unpaired) electrons. The van der Waals surface area contributed by atoms with Crippen LogP contribution in [-0.4, -0.2) is 18.7 Å². The molecule has 0 amide bonds. The summed E-state index contributed by atoms with van der Waals surface area (Å²) in [5.41, 5.74) is 2.61. The first-order valence-corrected chi connectivity index (χ1v) is 4.92. The van der Waals surface area contributed by atoms with Crippen molar-refractivity contribution in [1.82, 2.24) is 5.32 Å². The van der Waals surface area contributed by atoms with Crippen molar-refractivity contribution in [3.63, 3.8) is 0 Å². The average molecular weight is 193 g/mol. The molecule has 0 saturated carbocycles. The van der Waals surface area contributed by atoms with Crippen LogP contribution in [0, 0.1) is 13.8 Å². The average Bonchev–Trinajstić information content (AvgIpc) is 2.09. The lowest BCUT2D eigenvalue weighted by Crippen LogP contribution is -2.34. The van der Waals surface area contributed by atoms with Gasteiger partial charge in [0, 0.05) is 6.54 Å². The second kappa shape index (κ2) is 4.11. The molecule has 78 valence electrons. The van der Waals surface area contributed by atoms with Crippen molar-refractivity contribution in [2.24, 2.45) is 0 Å². The Morgan fingerprint density at radius 3 is 2.57 bits per heavy atom. The van der Waals surface area contributed by atoms with Crippen LogP contribution in [0.25, 0.3) is 0 Å². The molecule has 14 heavy (non-hydrogen) atoms. The molecule has 0 aliphatic heterocycles. The number of likely N-dealkylation sites (N-methyl/N-ethyl adjacent to an activating group) is 1.